The first-order valence-electron chi connectivity index (χ1n) is 14.2. The minimum Gasteiger partial charge on any atom is -0.448 e. The third-order valence-electron chi connectivity index (χ3n) is 7.10. The number of nitro benzene ring substituents is 2. The smallest absolute Gasteiger partial charge is 0.411 e. The number of anilines is 2. The van der Waals surface area contributed by atoms with Crippen LogP contribution in [0.1, 0.15) is 49.0 Å². The fourth-order valence-electron chi connectivity index (χ4n) is 5.15. The third kappa shape index (κ3) is 9.14. The van der Waals surface area contributed by atoms with Gasteiger partial charge < -0.3 is 23.7 Å². The number of nitrogens with one attached hydrogen (secondary N) is 2. The lowest BCUT2D eigenvalue weighted by atomic mass is 9.96. The molecule has 0 radical (unpaired) electrons. The standard InChI is InChI=1S/C28H32Cl2N4O11/c29-9-13-43-27(35)31-21-15-17(33(37)38)5-7-19(21)25(23-3-1-11-41-23)45-26(24-4-2-12-42-24)20-8-6-18(34(39)40)16-22(20)32-28(36)44-14-10-30/h5-8,15-16,23-26H,1-4,9-14H2,(H,31,35)(H,32,36). The van der Waals surface area contributed by atoms with Crippen molar-refractivity contribution in [2.45, 2.75) is 50.1 Å². The highest BCUT2D eigenvalue weighted by Gasteiger charge is 2.38. The number of amides is 2. The molecule has 0 aromatic heterocycles. The van der Waals surface area contributed by atoms with Gasteiger partial charge in [-0.3, -0.25) is 30.9 Å². The summed E-state index contributed by atoms with van der Waals surface area (Å²) >= 11 is 11.3. The Hall–Kier alpha value is -3.76. The Morgan fingerprint density at radius 1 is 0.800 bits per heavy atom. The summed E-state index contributed by atoms with van der Waals surface area (Å²) < 4.78 is 28.9. The summed E-state index contributed by atoms with van der Waals surface area (Å²) in [5, 5.41) is 28.4. The summed E-state index contributed by atoms with van der Waals surface area (Å²) in [7, 11) is 0. The van der Waals surface area contributed by atoms with Gasteiger partial charge in [-0.2, -0.15) is 0 Å². The van der Waals surface area contributed by atoms with Crippen molar-refractivity contribution in [2.24, 2.45) is 0 Å². The van der Waals surface area contributed by atoms with Crippen molar-refractivity contribution >= 4 is 58.1 Å². The minimum absolute atomic E-state index is 0.0466. The molecule has 2 aliphatic heterocycles. The average molecular weight is 671 g/mol. The Morgan fingerprint density at radius 2 is 1.22 bits per heavy atom. The molecule has 2 heterocycles. The predicted octanol–water partition coefficient (Wildman–Crippen LogP) is 6.23. The van der Waals surface area contributed by atoms with Gasteiger partial charge >= 0.3 is 12.2 Å². The van der Waals surface area contributed by atoms with Crippen molar-refractivity contribution in [1.29, 1.82) is 0 Å². The van der Waals surface area contributed by atoms with Gasteiger partial charge in [-0.1, -0.05) is 0 Å². The molecule has 2 amide bonds. The monoisotopic (exact) mass is 670 g/mol. The summed E-state index contributed by atoms with van der Waals surface area (Å²) in [5.41, 5.74) is 0.257. The van der Waals surface area contributed by atoms with E-state index in [1.165, 1.54) is 36.4 Å². The number of nitro groups is 2. The van der Waals surface area contributed by atoms with Crippen LogP contribution < -0.4 is 10.6 Å². The highest BCUT2D eigenvalue weighted by atomic mass is 35.5. The van der Waals surface area contributed by atoms with E-state index < -0.39 is 46.4 Å². The van der Waals surface area contributed by atoms with Crippen LogP contribution in [0.3, 0.4) is 0 Å². The Kier molecular flexibility index (Phi) is 12.5. The van der Waals surface area contributed by atoms with E-state index in [1.807, 2.05) is 0 Å². The fraction of sp³-hybridized carbons (Fsp3) is 0.500. The molecule has 4 atom stereocenters. The van der Waals surface area contributed by atoms with Crippen molar-refractivity contribution < 1.29 is 43.1 Å². The van der Waals surface area contributed by atoms with Crippen molar-refractivity contribution in [2.75, 3.05) is 48.8 Å². The van der Waals surface area contributed by atoms with Gasteiger partial charge in [0.05, 0.1) is 45.2 Å². The van der Waals surface area contributed by atoms with Crippen LogP contribution in [0.5, 0.6) is 0 Å². The molecule has 4 rings (SSSR count). The maximum absolute atomic E-state index is 12.5. The molecule has 2 fully saturated rings. The second-order valence-electron chi connectivity index (χ2n) is 10.0. The molecular weight excluding hydrogens is 639 g/mol. The molecule has 0 spiro atoms. The van der Waals surface area contributed by atoms with Crippen LogP contribution in [0.25, 0.3) is 0 Å². The fourth-order valence-corrected chi connectivity index (χ4v) is 5.30. The number of carbonyl (C=O) groups excluding carboxylic acids is 2. The number of alkyl halides is 2. The number of nitrogens with zero attached hydrogens (tertiary/aromatic N) is 2. The van der Waals surface area contributed by atoms with Crippen LogP contribution in [0, 0.1) is 20.2 Å². The molecule has 4 unspecified atom stereocenters. The molecule has 2 aromatic carbocycles. The lowest BCUT2D eigenvalue weighted by molar-refractivity contribution is -0.385. The van der Waals surface area contributed by atoms with Crippen LogP contribution in [0.2, 0.25) is 0 Å². The number of halogens is 2. The largest absolute Gasteiger partial charge is 0.448 e. The second kappa shape index (κ2) is 16.5. The molecule has 15 nitrogen and oxygen atoms in total. The van der Waals surface area contributed by atoms with Gasteiger partial charge in [0.15, 0.2) is 0 Å². The van der Waals surface area contributed by atoms with E-state index in [9.17, 15) is 29.8 Å². The van der Waals surface area contributed by atoms with Crippen LogP contribution in [0.15, 0.2) is 36.4 Å². The lowest BCUT2D eigenvalue weighted by Crippen LogP contribution is -2.30. The zero-order valence-electron chi connectivity index (χ0n) is 24.0. The van der Waals surface area contributed by atoms with Crippen LogP contribution in [0.4, 0.5) is 32.3 Å². The van der Waals surface area contributed by atoms with Crippen molar-refractivity contribution in [3.05, 3.63) is 67.8 Å². The number of benzene rings is 2. The number of hydrogen-bond donors (Lipinski definition) is 2. The van der Waals surface area contributed by atoms with Crippen LogP contribution in [-0.4, -0.2) is 72.4 Å². The predicted molar refractivity (Wildman–Crippen MR) is 162 cm³/mol. The normalized spacial score (nSPS) is 19.0. The van der Waals surface area contributed by atoms with E-state index in [2.05, 4.69) is 10.6 Å². The van der Waals surface area contributed by atoms with Crippen molar-refractivity contribution in [3.63, 3.8) is 0 Å². The topological polar surface area (TPSA) is 191 Å². The van der Waals surface area contributed by atoms with Gasteiger partial charge in [0.2, 0.25) is 0 Å². The lowest BCUT2D eigenvalue weighted by Gasteiger charge is -2.33. The summed E-state index contributed by atoms with van der Waals surface area (Å²) in [4.78, 5) is 47.1. The molecule has 244 valence electrons. The molecule has 45 heavy (non-hydrogen) atoms. The highest BCUT2D eigenvalue weighted by Crippen LogP contribution is 2.44. The first kappa shape index (κ1) is 34.1. The first-order chi connectivity index (χ1) is 21.7. The van der Waals surface area contributed by atoms with Gasteiger partial charge in [-0.05, 0) is 37.8 Å². The first-order valence-corrected chi connectivity index (χ1v) is 15.2. The van der Waals surface area contributed by atoms with E-state index in [0.717, 1.165) is 0 Å². The van der Waals surface area contributed by atoms with E-state index >= 15 is 0 Å². The number of hydrogen-bond acceptors (Lipinski definition) is 11. The maximum Gasteiger partial charge on any atom is 0.411 e. The molecule has 2 N–H and O–H groups in total. The van der Waals surface area contributed by atoms with E-state index in [1.54, 1.807) is 0 Å². The quantitative estimate of drug-likeness (QED) is 0.131. The maximum atomic E-state index is 12.5. The summed E-state index contributed by atoms with van der Waals surface area (Å²) in [6.07, 6.45) is -2.14. The zero-order chi connectivity index (χ0) is 32.3. The van der Waals surface area contributed by atoms with E-state index in [4.69, 9.17) is 46.9 Å². The van der Waals surface area contributed by atoms with E-state index in [0.29, 0.717) is 50.0 Å². The summed E-state index contributed by atoms with van der Waals surface area (Å²) in [6.45, 7) is 0.681. The number of carbonyl (C=O) groups is 2. The average Bonchev–Trinajstić information content (AvgIpc) is 3.75. The molecule has 2 saturated heterocycles. The van der Waals surface area contributed by atoms with Gasteiger partial charge in [0.25, 0.3) is 11.4 Å². The Bertz CT molecular complexity index is 1270. The minimum atomic E-state index is -0.919. The molecule has 0 saturated carbocycles. The molecule has 2 aromatic rings. The third-order valence-corrected chi connectivity index (χ3v) is 7.41. The van der Waals surface area contributed by atoms with Crippen molar-refractivity contribution in [3.8, 4) is 0 Å². The highest BCUT2D eigenvalue weighted by molar-refractivity contribution is 6.18. The van der Waals surface area contributed by atoms with Gasteiger partial charge in [0, 0.05) is 48.6 Å². The zero-order valence-corrected chi connectivity index (χ0v) is 25.5. The van der Waals surface area contributed by atoms with Crippen LogP contribution in [-0.2, 0) is 23.7 Å². The van der Waals surface area contributed by atoms with E-state index in [-0.39, 0.29) is 47.7 Å². The van der Waals surface area contributed by atoms with Gasteiger partial charge in [0.1, 0.15) is 25.4 Å². The number of rotatable bonds is 14. The molecule has 0 bridgehead atoms. The molecule has 0 aliphatic carbocycles. The molecule has 17 heteroatoms. The Labute approximate surface area is 267 Å². The second-order valence-corrected chi connectivity index (χ2v) is 10.8. The number of ether oxygens (including phenoxy) is 5. The molecule has 2 aliphatic rings. The SMILES string of the molecule is O=C(Nc1cc([N+](=O)[O-])ccc1C(OC(c1ccc([N+](=O)[O-])cc1NC(=O)OCCCl)C1CCCO1)C1CCCO1)OCCCl. The Morgan fingerprint density at radius 3 is 1.56 bits per heavy atom. The van der Waals surface area contributed by atoms with Crippen LogP contribution >= 0.6 is 23.2 Å². The van der Waals surface area contributed by atoms with Gasteiger partial charge in [-0.15, -0.1) is 23.2 Å². The van der Waals surface area contributed by atoms with Crippen molar-refractivity contribution in [1.82, 2.24) is 0 Å². The number of non-ortho nitro benzene ring substituents is 2. The summed E-state index contributed by atoms with van der Waals surface area (Å²) in [6, 6.07) is 7.87. The molecular formula is C28H32Cl2N4O11. The van der Waals surface area contributed by atoms with Gasteiger partial charge in [-0.25, -0.2) is 9.59 Å². The summed E-state index contributed by atoms with van der Waals surface area (Å²) in [5.74, 6) is 0.0932. The Balaban J connectivity index is 1.79.